The van der Waals surface area contributed by atoms with Crippen LogP contribution in [0, 0.1) is 11.3 Å². The summed E-state index contributed by atoms with van der Waals surface area (Å²) < 4.78 is 5.35. The number of phenols is 1. The molecule has 4 heteroatoms. The Morgan fingerprint density at radius 2 is 2.21 bits per heavy atom. The summed E-state index contributed by atoms with van der Waals surface area (Å²) in [5, 5.41) is 22.8. The highest BCUT2D eigenvalue weighted by Gasteiger charge is 2.23. The summed E-state index contributed by atoms with van der Waals surface area (Å²) in [5.41, 5.74) is 0.598. The molecule has 1 aliphatic carbocycles. The van der Waals surface area contributed by atoms with Crippen LogP contribution in [0.25, 0.3) is 0 Å². The van der Waals surface area contributed by atoms with E-state index in [-0.39, 0.29) is 5.75 Å². The average Bonchev–Trinajstić information content (AvgIpc) is 2.92. The van der Waals surface area contributed by atoms with Crippen LogP contribution in [0.4, 0.5) is 0 Å². The quantitative estimate of drug-likeness (QED) is 0.854. The third-order valence-corrected chi connectivity index (χ3v) is 3.53. The van der Waals surface area contributed by atoms with Gasteiger partial charge in [-0.15, -0.1) is 0 Å². The van der Waals surface area contributed by atoms with Gasteiger partial charge in [0.05, 0.1) is 12.7 Å². The molecule has 1 aliphatic rings. The van der Waals surface area contributed by atoms with E-state index in [1.807, 2.05) is 6.92 Å². The highest BCUT2D eigenvalue weighted by atomic mass is 16.5. The Morgan fingerprint density at radius 1 is 1.47 bits per heavy atom. The van der Waals surface area contributed by atoms with Crippen LogP contribution in [0.5, 0.6) is 11.5 Å². The van der Waals surface area contributed by atoms with Crippen molar-refractivity contribution < 1.29 is 9.84 Å². The van der Waals surface area contributed by atoms with Crippen LogP contribution >= 0.6 is 0 Å². The minimum atomic E-state index is -0.483. The van der Waals surface area contributed by atoms with Crippen LogP contribution in [0.1, 0.15) is 44.2 Å². The summed E-state index contributed by atoms with van der Waals surface area (Å²) in [4.78, 5) is 0. The predicted octanol–water partition coefficient (Wildman–Crippen LogP) is 2.89. The molecule has 0 aliphatic heterocycles. The van der Waals surface area contributed by atoms with Crippen LogP contribution in [-0.4, -0.2) is 17.8 Å². The molecular formula is C15H20N2O2. The van der Waals surface area contributed by atoms with Gasteiger partial charge in [0.15, 0.2) is 11.5 Å². The monoisotopic (exact) mass is 260 g/mol. The zero-order chi connectivity index (χ0) is 13.7. The van der Waals surface area contributed by atoms with Gasteiger partial charge in [0.25, 0.3) is 0 Å². The number of aromatic hydroxyl groups is 1. The Morgan fingerprint density at radius 3 is 2.84 bits per heavy atom. The molecule has 19 heavy (non-hydrogen) atoms. The van der Waals surface area contributed by atoms with Crippen molar-refractivity contribution in [1.29, 1.82) is 5.26 Å². The van der Waals surface area contributed by atoms with E-state index < -0.39 is 6.04 Å². The molecule has 0 spiro atoms. The van der Waals surface area contributed by atoms with Crippen molar-refractivity contribution in [2.75, 3.05) is 6.61 Å². The molecule has 0 heterocycles. The standard InChI is InChI=1S/C15H20N2O2/c1-2-19-14-9-5-8-12(15(14)18)13(10-16)17-11-6-3-4-7-11/h5,8-9,11,13,17-18H,2-4,6-7H2,1H3. The minimum Gasteiger partial charge on any atom is -0.504 e. The molecule has 0 bridgehead atoms. The average molecular weight is 260 g/mol. The molecule has 0 saturated heterocycles. The molecule has 2 N–H and O–H groups in total. The number of hydrogen-bond donors (Lipinski definition) is 2. The van der Waals surface area contributed by atoms with Crippen molar-refractivity contribution in [1.82, 2.24) is 5.32 Å². The van der Waals surface area contributed by atoms with Gasteiger partial charge in [-0.2, -0.15) is 5.26 Å². The van der Waals surface area contributed by atoms with E-state index in [4.69, 9.17) is 4.74 Å². The molecule has 0 radical (unpaired) electrons. The van der Waals surface area contributed by atoms with Crippen molar-refractivity contribution in [3.05, 3.63) is 23.8 Å². The third kappa shape index (κ3) is 3.18. The number of ether oxygens (including phenoxy) is 1. The molecule has 2 rings (SSSR count). The number of hydrogen-bond acceptors (Lipinski definition) is 4. The first kappa shape index (κ1) is 13.7. The number of para-hydroxylation sites is 1. The smallest absolute Gasteiger partial charge is 0.163 e. The molecule has 0 aromatic heterocycles. The highest BCUT2D eigenvalue weighted by Crippen LogP contribution is 2.34. The topological polar surface area (TPSA) is 65.3 Å². The summed E-state index contributed by atoms with van der Waals surface area (Å²) in [6.07, 6.45) is 4.62. The number of nitrogens with one attached hydrogen (secondary N) is 1. The number of nitriles is 1. The van der Waals surface area contributed by atoms with E-state index in [2.05, 4.69) is 11.4 Å². The molecule has 102 valence electrons. The third-order valence-electron chi connectivity index (χ3n) is 3.53. The van der Waals surface area contributed by atoms with E-state index in [1.54, 1.807) is 18.2 Å². The zero-order valence-corrected chi connectivity index (χ0v) is 11.2. The van der Waals surface area contributed by atoms with E-state index in [0.717, 1.165) is 12.8 Å². The first-order valence-electron chi connectivity index (χ1n) is 6.86. The number of phenolic OH excluding ortho intramolecular Hbond substituents is 1. The maximum atomic E-state index is 10.2. The fraction of sp³-hybridized carbons (Fsp3) is 0.533. The summed E-state index contributed by atoms with van der Waals surface area (Å²) in [6, 6.07) is 7.41. The second-order valence-corrected chi connectivity index (χ2v) is 4.84. The van der Waals surface area contributed by atoms with Gasteiger partial charge in [-0.1, -0.05) is 25.0 Å². The fourth-order valence-corrected chi connectivity index (χ4v) is 2.57. The normalized spacial score (nSPS) is 17.1. The Kier molecular flexibility index (Phi) is 4.64. The summed E-state index contributed by atoms with van der Waals surface area (Å²) >= 11 is 0. The van der Waals surface area contributed by atoms with Crippen molar-refractivity contribution in [2.24, 2.45) is 0 Å². The van der Waals surface area contributed by atoms with Gasteiger partial charge < -0.3 is 9.84 Å². The van der Waals surface area contributed by atoms with E-state index in [9.17, 15) is 10.4 Å². The number of nitrogens with zero attached hydrogens (tertiary/aromatic N) is 1. The molecule has 1 fully saturated rings. The molecule has 1 aromatic rings. The molecule has 1 saturated carbocycles. The Bertz CT molecular complexity index is 462. The van der Waals surface area contributed by atoms with Crippen LogP contribution in [0.15, 0.2) is 18.2 Å². The van der Waals surface area contributed by atoms with Gasteiger partial charge in [0.2, 0.25) is 0 Å². The second kappa shape index (κ2) is 6.44. The molecule has 1 atom stereocenters. The molecule has 0 amide bonds. The van der Waals surface area contributed by atoms with Crippen LogP contribution in [0.3, 0.4) is 0 Å². The van der Waals surface area contributed by atoms with Gasteiger partial charge in [-0.3, -0.25) is 5.32 Å². The first-order chi connectivity index (χ1) is 9.26. The van der Waals surface area contributed by atoms with Crippen molar-refractivity contribution in [3.63, 3.8) is 0 Å². The summed E-state index contributed by atoms with van der Waals surface area (Å²) in [6.45, 7) is 2.36. The summed E-state index contributed by atoms with van der Waals surface area (Å²) in [7, 11) is 0. The Labute approximate surface area is 114 Å². The van der Waals surface area contributed by atoms with Crippen molar-refractivity contribution in [3.8, 4) is 17.6 Å². The Hall–Kier alpha value is -1.73. The lowest BCUT2D eigenvalue weighted by molar-refractivity contribution is 0.315. The van der Waals surface area contributed by atoms with Crippen molar-refractivity contribution in [2.45, 2.75) is 44.7 Å². The van der Waals surface area contributed by atoms with Gasteiger partial charge in [0.1, 0.15) is 6.04 Å². The molecule has 4 nitrogen and oxygen atoms in total. The maximum Gasteiger partial charge on any atom is 0.163 e. The van der Waals surface area contributed by atoms with Gasteiger partial charge in [0, 0.05) is 11.6 Å². The van der Waals surface area contributed by atoms with E-state index in [1.165, 1.54) is 12.8 Å². The lowest BCUT2D eigenvalue weighted by Crippen LogP contribution is -2.29. The summed E-state index contributed by atoms with van der Waals surface area (Å²) in [5.74, 6) is 0.509. The Balaban J connectivity index is 2.17. The van der Waals surface area contributed by atoms with Gasteiger partial charge >= 0.3 is 0 Å². The van der Waals surface area contributed by atoms with E-state index >= 15 is 0 Å². The largest absolute Gasteiger partial charge is 0.504 e. The number of benzene rings is 1. The number of rotatable bonds is 5. The molecular weight excluding hydrogens is 240 g/mol. The maximum absolute atomic E-state index is 10.2. The fourth-order valence-electron chi connectivity index (χ4n) is 2.57. The van der Waals surface area contributed by atoms with Crippen LogP contribution < -0.4 is 10.1 Å². The molecule has 1 aromatic carbocycles. The highest BCUT2D eigenvalue weighted by molar-refractivity contribution is 5.48. The van der Waals surface area contributed by atoms with Crippen LogP contribution in [0.2, 0.25) is 0 Å². The van der Waals surface area contributed by atoms with Gasteiger partial charge in [-0.25, -0.2) is 0 Å². The van der Waals surface area contributed by atoms with Crippen LogP contribution in [-0.2, 0) is 0 Å². The minimum absolute atomic E-state index is 0.0707. The van der Waals surface area contributed by atoms with E-state index in [0.29, 0.717) is 24.0 Å². The predicted molar refractivity (Wildman–Crippen MR) is 73.0 cm³/mol. The second-order valence-electron chi connectivity index (χ2n) is 4.84. The molecule has 1 unspecified atom stereocenters. The lowest BCUT2D eigenvalue weighted by Gasteiger charge is -2.19. The lowest BCUT2D eigenvalue weighted by atomic mass is 10.0. The van der Waals surface area contributed by atoms with Crippen molar-refractivity contribution >= 4 is 0 Å². The first-order valence-corrected chi connectivity index (χ1v) is 6.86. The van der Waals surface area contributed by atoms with Gasteiger partial charge in [-0.05, 0) is 25.8 Å². The zero-order valence-electron chi connectivity index (χ0n) is 11.2. The SMILES string of the molecule is CCOc1cccc(C(C#N)NC2CCCC2)c1O.